The van der Waals surface area contributed by atoms with E-state index in [4.69, 9.17) is 23.2 Å². The molecule has 0 saturated carbocycles. The summed E-state index contributed by atoms with van der Waals surface area (Å²) < 4.78 is 39.9. The van der Waals surface area contributed by atoms with Gasteiger partial charge in [0.15, 0.2) is 0 Å². The molecule has 2 aromatic carbocycles. The van der Waals surface area contributed by atoms with Gasteiger partial charge in [0.05, 0.1) is 10.0 Å². The van der Waals surface area contributed by atoms with E-state index in [9.17, 15) is 13.2 Å². The third-order valence-electron chi connectivity index (χ3n) is 2.84. The zero-order chi connectivity index (χ0) is 15.5. The number of hydrogen-bond donors (Lipinski definition) is 0. The van der Waals surface area contributed by atoms with Crippen LogP contribution in [0, 0.1) is 0 Å². The molecule has 0 heterocycles. The molecule has 0 bridgehead atoms. The molecule has 0 N–H and O–H groups in total. The molecule has 0 atom stereocenters. The summed E-state index contributed by atoms with van der Waals surface area (Å²) in [5.74, 6) is -0.221. The first-order chi connectivity index (χ1) is 9.83. The molecule has 6 heteroatoms. The summed E-state index contributed by atoms with van der Waals surface area (Å²) in [6.07, 6.45) is -3.26. The molecule has 0 amide bonds. The number of aryl methyl sites for hydroxylation is 2. The second-order valence-corrected chi connectivity index (χ2v) is 5.25. The molecule has 0 fully saturated rings. The first-order valence-corrected chi connectivity index (χ1v) is 6.88. The number of benzene rings is 2. The molecule has 21 heavy (non-hydrogen) atoms. The second kappa shape index (κ2) is 6.58. The van der Waals surface area contributed by atoms with Crippen molar-refractivity contribution in [2.75, 3.05) is 0 Å². The van der Waals surface area contributed by atoms with Gasteiger partial charge in [-0.3, -0.25) is 0 Å². The van der Waals surface area contributed by atoms with Gasteiger partial charge in [-0.2, -0.15) is 0 Å². The lowest BCUT2D eigenvalue weighted by Crippen LogP contribution is -2.17. The van der Waals surface area contributed by atoms with Gasteiger partial charge in [-0.25, -0.2) is 0 Å². The van der Waals surface area contributed by atoms with Crippen LogP contribution >= 0.6 is 23.2 Å². The van der Waals surface area contributed by atoms with Crippen molar-refractivity contribution in [2.24, 2.45) is 0 Å². The van der Waals surface area contributed by atoms with Gasteiger partial charge >= 0.3 is 6.36 Å². The second-order valence-electron chi connectivity index (χ2n) is 4.44. The molecule has 0 aromatic heterocycles. The minimum atomic E-state index is -4.67. The lowest BCUT2D eigenvalue weighted by molar-refractivity contribution is -0.274. The molecule has 0 unspecified atom stereocenters. The van der Waals surface area contributed by atoms with Gasteiger partial charge in [-0.15, -0.1) is 13.2 Å². The van der Waals surface area contributed by atoms with Gasteiger partial charge in [0.2, 0.25) is 0 Å². The van der Waals surface area contributed by atoms with Crippen LogP contribution in [0.3, 0.4) is 0 Å². The van der Waals surface area contributed by atoms with Gasteiger partial charge in [-0.1, -0.05) is 41.4 Å². The van der Waals surface area contributed by atoms with Crippen molar-refractivity contribution in [3.8, 4) is 5.75 Å². The Kier molecular flexibility index (Phi) is 5.01. The highest BCUT2D eigenvalue weighted by atomic mass is 35.5. The Morgan fingerprint density at radius 1 is 0.810 bits per heavy atom. The largest absolute Gasteiger partial charge is 0.573 e. The quantitative estimate of drug-likeness (QED) is 0.699. The summed E-state index contributed by atoms with van der Waals surface area (Å²) in [4.78, 5) is 0. The predicted octanol–water partition coefficient (Wildman–Crippen LogP) is 5.68. The minimum absolute atomic E-state index is 0.221. The predicted molar refractivity (Wildman–Crippen MR) is 77.0 cm³/mol. The molecule has 0 spiro atoms. The van der Waals surface area contributed by atoms with Crippen molar-refractivity contribution in [3.05, 3.63) is 63.6 Å². The Balaban J connectivity index is 1.96. The van der Waals surface area contributed by atoms with Gasteiger partial charge in [0, 0.05) is 0 Å². The normalized spacial score (nSPS) is 11.5. The maximum Gasteiger partial charge on any atom is 0.573 e. The summed E-state index contributed by atoms with van der Waals surface area (Å²) >= 11 is 11.8. The third-order valence-corrected chi connectivity index (χ3v) is 3.58. The van der Waals surface area contributed by atoms with E-state index >= 15 is 0 Å². The Hall–Kier alpha value is -1.39. The van der Waals surface area contributed by atoms with E-state index < -0.39 is 6.36 Å². The number of hydrogen-bond acceptors (Lipinski definition) is 1. The van der Waals surface area contributed by atoms with E-state index in [2.05, 4.69) is 4.74 Å². The van der Waals surface area contributed by atoms with Crippen molar-refractivity contribution >= 4 is 23.2 Å². The van der Waals surface area contributed by atoms with Crippen LogP contribution in [0.1, 0.15) is 11.1 Å². The van der Waals surface area contributed by atoms with E-state index in [1.807, 2.05) is 6.07 Å². The van der Waals surface area contributed by atoms with Crippen LogP contribution < -0.4 is 4.74 Å². The molecule has 0 aliphatic rings. The fraction of sp³-hybridized carbons (Fsp3) is 0.200. The van der Waals surface area contributed by atoms with Crippen molar-refractivity contribution in [3.63, 3.8) is 0 Å². The van der Waals surface area contributed by atoms with Crippen LogP contribution in [0.15, 0.2) is 42.5 Å². The van der Waals surface area contributed by atoms with E-state index in [1.165, 1.54) is 12.1 Å². The average Bonchev–Trinajstić information content (AvgIpc) is 2.40. The lowest BCUT2D eigenvalue weighted by atomic mass is 10.0. The van der Waals surface area contributed by atoms with Crippen molar-refractivity contribution < 1.29 is 17.9 Å². The zero-order valence-electron chi connectivity index (χ0n) is 10.8. The number of ether oxygens (including phenoxy) is 1. The highest BCUT2D eigenvalue weighted by Crippen LogP contribution is 2.25. The van der Waals surface area contributed by atoms with Crippen LogP contribution in [-0.4, -0.2) is 6.36 Å². The van der Waals surface area contributed by atoms with E-state index in [1.54, 1.807) is 24.3 Å². The van der Waals surface area contributed by atoms with Gasteiger partial charge in [0.1, 0.15) is 5.75 Å². The van der Waals surface area contributed by atoms with E-state index in [0.717, 1.165) is 17.5 Å². The molecule has 0 aliphatic carbocycles. The SMILES string of the molecule is FC(F)(F)Oc1ccc(CCc2ccc(Cl)c(Cl)c2)cc1. The average molecular weight is 335 g/mol. The number of halogens is 5. The molecule has 0 aliphatic heterocycles. The Labute approximate surface area is 130 Å². The van der Waals surface area contributed by atoms with Crippen molar-refractivity contribution in [2.45, 2.75) is 19.2 Å². The molecule has 2 rings (SSSR count). The highest BCUT2D eigenvalue weighted by Gasteiger charge is 2.30. The maximum absolute atomic E-state index is 12.0. The highest BCUT2D eigenvalue weighted by molar-refractivity contribution is 6.42. The summed E-state index contributed by atoms with van der Waals surface area (Å²) in [6.45, 7) is 0. The lowest BCUT2D eigenvalue weighted by Gasteiger charge is -2.09. The van der Waals surface area contributed by atoms with Crippen LogP contribution in [0.5, 0.6) is 5.75 Å². The van der Waals surface area contributed by atoms with Crippen LogP contribution in [0.25, 0.3) is 0 Å². The first-order valence-electron chi connectivity index (χ1n) is 6.12. The van der Waals surface area contributed by atoms with E-state index in [-0.39, 0.29) is 5.75 Å². The molecule has 1 nitrogen and oxygen atoms in total. The minimum Gasteiger partial charge on any atom is -0.406 e. The maximum atomic E-state index is 12.0. The molecule has 2 aromatic rings. The topological polar surface area (TPSA) is 9.23 Å². The van der Waals surface area contributed by atoms with Gasteiger partial charge in [-0.05, 0) is 48.2 Å². The fourth-order valence-electron chi connectivity index (χ4n) is 1.84. The monoisotopic (exact) mass is 334 g/mol. The summed E-state index contributed by atoms with van der Waals surface area (Å²) in [7, 11) is 0. The summed E-state index contributed by atoms with van der Waals surface area (Å²) in [5.41, 5.74) is 1.93. The Bertz CT molecular complexity index is 609. The standard InChI is InChI=1S/C15H11Cl2F3O/c16-13-8-5-11(9-14(13)17)2-1-10-3-6-12(7-4-10)21-15(18,19)20/h3-9H,1-2H2. The summed E-state index contributed by atoms with van der Waals surface area (Å²) in [6, 6.07) is 11.2. The Morgan fingerprint density at radius 2 is 1.38 bits per heavy atom. The number of rotatable bonds is 4. The van der Waals surface area contributed by atoms with Crippen LogP contribution in [0.2, 0.25) is 10.0 Å². The fourth-order valence-corrected chi connectivity index (χ4v) is 2.16. The zero-order valence-corrected chi connectivity index (χ0v) is 12.3. The Morgan fingerprint density at radius 3 is 1.95 bits per heavy atom. The smallest absolute Gasteiger partial charge is 0.406 e. The van der Waals surface area contributed by atoms with Gasteiger partial charge in [0.25, 0.3) is 0 Å². The third kappa shape index (κ3) is 5.14. The van der Waals surface area contributed by atoms with Crippen LogP contribution in [0.4, 0.5) is 13.2 Å². The molecular formula is C15H11Cl2F3O. The molecular weight excluding hydrogens is 324 g/mol. The molecule has 0 radical (unpaired) electrons. The summed E-state index contributed by atoms with van der Waals surface area (Å²) in [5, 5.41) is 0.983. The molecule has 0 saturated heterocycles. The van der Waals surface area contributed by atoms with Crippen LogP contribution in [-0.2, 0) is 12.8 Å². The van der Waals surface area contributed by atoms with Gasteiger partial charge < -0.3 is 4.74 Å². The van der Waals surface area contributed by atoms with E-state index in [0.29, 0.717) is 16.5 Å². The first kappa shape index (κ1) is 16.0. The van der Waals surface area contributed by atoms with Crippen molar-refractivity contribution in [1.29, 1.82) is 0 Å². The van der Waals surface area contributed by atoms with Crippen molar-refractivity contribution in [1.82, 2.24) is 0 Å². The molecule has 112 valence electrons. The number of alkyl halides is 3.